The Kier molecular flexibility index (Phi) is 7.46. The Morgan fingerprint density at radius 1 is 1.17 bits per heavy atom. The van der Waals surface area contributed by atoms with Gasteiger partial charge in [-0.05, 0) is 62.2 Å². The summed E-state index contributed by atoms with van der Waals surface area (Å²) in [5, 5.41) is 2.61. The van der Waals surface area contributed by atoms with E-state index in [2.05, 4.69) is 14.8 Å². The van der Waals surface area contributed by atoms with Gasteiger partial charge in [-0.2, -0.15) is 0 Å². The topological polar surface area (TPSA) is 102 Å². The van der Waals surface area contributed by atoms with Gasteiger partial charge in [0.15, 0.2) is 0 Å². The number of hydrogen-bond donors (Lipinski definition) is 2. The van der Waals surface area contributed by atoms with Crippen molar-refractivity contribution in [3.8, 4) is 0 Å². The molecule has 156 valence electrons. The van der Waals surface area contributed by atoms with E-state index in [9.17, 15) is 22.4 Å². The second kappa shape index (κ2) is 9.62. The third kappa shape index (κ3) is 6.37. The van der Waals surface area contributed by atoms with Gasteiger partial charge < -0.3 is 10.1 Å². The zero-order chi connectivity index (χ0) is 21.6. The third-order valence-electron chi connectivity index (χ3n) is 4.19. The van der Waals surface area contributed by atoms with E-state index in [1.54, 1.807) is 13.8 Å². The largest absolute Gasteiger partial charge is 0.469 e. The molecule has 2 rings (SSSR count). The van der Waals surface area contributed by atoms with Crippen LogP contribution in [0.15, 0.2) is 47.4 Å². The van der Waals surface area contributed by atoms with Gasteiger partial charge in [-0.25, -0.2) is 17.5 Å². The van der Waals surface area contributed by atoms with E-state index in [0.717, 1.165) is 0 Å². The highest BCUT2D eigenvalue weighted by atomic mass is 32.2. The molecule has 0 radical (unpaired) electrons. The molecule has 0 saturated heterocycles. The number of benzene rings is 2. The van der Waals surface area contributed by atoms with Crippen molar-refractivity contribution in [3.63, 3.8) is 0 Å². The van der Waals surface area contributed by atoms with E-state index < -0.39 is 27.9 Å². The van der Waals surface area contributed by atoms with Gasteiger partial charge in [0.2, 0.25) is 10.0 Å². The minimum absolute atomic E-state index is 0.0784. The molecule has 29 heavy (non-hydrogen) atoms. The second-order valence-electron chi connectivity index (χ2n) is 6.58. The van der Waals surface area contributed by atoms with Crippen LogP contribution in [0.1, 0.15) is 35.7 Å². The van der Waals surface area contributed by atoms with E-state index in [4.69, 9.17) is 0 Å². The van der Waals surface area contributed by atoms with Crippen molar-refractivity contribution in [1.82, 2.24) is 4.72 Å². The second-order valence-corrected chi connectivity index (χ2v) is 8.30. The maximum atomic E-state index is 13.4. The Bertz CT molecular complexity index is 1010. The molecule has 2 N–H and O–H groups in total. The first-order valence-corrected chi connectivity index (χ1v) is 10.4. The molecule has 0 bridgehead atoms. The molecule has 0 spiro atoms. The summed E-state index contributed by atoms with van der Waals surface area (Å²) in [6.07, 6.45) is 0.357. The van der Waals surface area contributed by atoms with Gasteiger partial charge in [0.1, 0.15) is 5.82 Å². The number of methoxy groups -OCH3 is 1. The van der Waals surface area contributed by atoms with Gasteiger partial charge in [-0.15, -0.1) is 0 Å². The average Bonchev–Trinajstić information content (AvgIpc) is 2.68. The number of aryl methyl sites for hydroxylation is 1. The molecule has 0 saturated carbocycles. The molecule has 2 aromatic carbocycles. The summed E-state index contributed by atoms with van der Waals surface area (Å²) < 4.78 is 45.5. The quantitative estimate of drug-likeness (QED) is 0.637. The highest BCUT2D eigenvalue weighted by Crippen LogP contribution is 2.17. The fraction of sp³-hybridized carbons (Fsp3) is 0.300. The number of carbonyl (C=O) groups is 2. The zero-order valence-electron chi connectivity index (χ0n) is 16.4. The van der Waals surface area contributed by atoms with Crippen molar-refractivity contribution >= 4 is 27.6 Å². The lowest BCUT2D eigenvalue weighted by Crippen LogP contribution is -2.33. The van der Waals surface area contributed by atoms with Crippen LogP contribution in [0.4, 0.5) is 10.1 Å². The number of halogens is 1. The number of nitrogens with one attached hydrogen (secondary N) is 2. The van der Waals surface area contributed by atoms with Crippen molar-refractivity contribution < 1.29 is 27.1 Å². The van der Waals surface area contributed by atoms with Crippen molar-refractivity contribution in [1.29, 1.82) is 0 Å². The normalized spacial score (nSPS) is 12.3. The number of anilines is 1. The molecule has 0 aromatic heterocycles. The molecule has 1 amide bonds. The summed E-state index contributed by atoms with van der Waals surface area (Å²) in [7, 11) is -2.62. The van der Waals surface area contributed by atoms with Gasteiger partial charge in [0, 0.05) is 23.7 Å². The van der Waals surface area contributed by atoms with E-state index >= 15 is 0 Å². The van der Waals surface area contributed by atoms with Crippen LogP contribution in [-0.4, -0.2) is 33.4 Å². The molecule has 1 atom stereocenters. The Morgan fingerprint density at radius 3 is 2.55 bits per heavy atom. The van der Waals surface area contributed by atoms with Crippen LogP contribution in [0.5, 0.6) is 0 Å². The first-order valence-electron chi connectivity index (χ1n) is 8.89. The predicted molar refractivity (Wildman–Crippen MR) is 107 cm³/mol. The average molecular weight is 422 g/mol. The maximum absolute atomic E-state index is 13.4. The van der Waals surface area contributed by atoms with Crippen LogP contribution < -0.4 is 10.0 Å². The van der Waals surface area contributed by atoms with Crippen molar-refractivity contribution in [2.45, 2.75) is 37.6 Å². The number of sulfonamides is 1. The number of rotatable bonds is 8. The van der Waals surface area contributed by atoms with Crippen molar-refractivity contribution in [2.24, 2.45) is 0 Å². The number of carbonyl (C=O) groups excluding carboxylic acids is 2. The van der Waals surface area contributed by atoms with Crippen molar-refractivity contribution in [3.05, 3.63) is 59.4 Å². The molecule has 1 unspecified atom stereocenters. The smallest absolute Gasteiger partial charge is 0.305 e. The van der Waals surface area contributed by atoms with Gasteiger partial charge in [-0.1, -0.05) is 6.07 Å². The number of esters is 1. The van der Waals surface area contributed by atoms with Gasteiger partial charge >= 0.3 is 5.97 Å². The molecule has 9 heteroatoms. The molecular weight excluding hydrogens is 399 g/mol. The summed E-state index contributed by atoms with van der Waals surface area (Å²) in [4.78, 5) is 23.6. The molecule has 0 aliphatic heterocycles. The predicted octanol–water partition coefficient (Wildman–Crippen LogP) is 3.01. The first-order chi connectivity index (χ1) is 13.6. The Hall–Kier alpha value is -2.78. The molecule has 0 fully saturated rings. The highest BCUT2D eigenvalue weighted by Gasteiger charge is 2.20. The molecule has 2 aromatic rings. The minimum atomic E-state index is -3.89. The van der Waals surface area contributed by atoms with Gasteiger partial charge in [0.05, 0.1) is 12.0 Å². The number of ether oxygens (including phenoxy) is 1. The van der Waals surface area contributed by atoms with Crippen LogP contribution in [0.2, 0.25) is 0 Å². The van der Waals surface area contributed by atoms with Gasteiger partial charge in [-0.3, -0.25) is 9.59 Å². The third-order valence-corrected chi connectivity index (χ3v) is 5.78. The Labute approximate surface area is 169 Å². The number of amides is 1. The van der Waals surface area contributed by atoms with Crippen LogP contribution >= 0.6 is 0 Å². The Morgan fingerprint density at radius 2 is 1.90 bits per heavy atom. The van der Waals surface area contributed by atoms with Crippen LogP contribution in [0, 0.1) is 12.7 Å². The number of hydrogen-bond acceptors (Lipinski definition) is 5. The van der Waals surface area contributed by atoms with Gasteiger partial charge in [0.25, 0.3) is 5.91 Å². The van der Waals surface area contributed by atoms with Crippen LogP contribution in [0.3, 0.4) is 0 Å². The standard InChI is InChI=1S/C20H23FN2O5S/c1-13-11-16(8-9-18(13)21)22-20(25)15-5-4-6-17(12-15)29(26,27)23-14(2)7-10-19(24)28-3/h4-6,8-9,11-12,14,23H,7,10H2,1-3H3,(H,22,25). The minimum Gasteiger partial charge on any atom is -0.469 e. The molecular formula is C20H23FN2O5S. The lowest BCUT2D eigenvalue weighted by Gasteiger charge is -2.14. The zero-order valence-corrected chi connectivity index (χ0v) is 17.2. The first kappa shape index (κ1) is 22.5. The summed E-state index contributed by atoms with van der Waals surface area (Å²) >= 11 is 0. The summed E-state index contributed by atoms with van der Waals surface area (Å²) in [6.45, 7) is 3.21. The fourth-order valence-electron chi connectivity index (χ4n) is 2.56. The maximum Gasteiger partial charge on any atom is 0.305 e. The van der Waals surface area contributed by atoms with E-state index in [1.165, 1.54) is 49.6 Å². The summed E-state index contributed by atoms with van der Waals surface area (Å²) in [5.41, 5.74) is 0.915. The lowest BCUT2D eigenvalue weighted by atomic mass is 10.2. The Balaban J connectivity index is 2.11. The molecule has 0 heterocycles. The fourth-order valence-corrected chi connectivity index (χ4v) is 3.88. The summed E-state index contributed by atoms with van der Waals surface area (Å²) in [6, 6.07) is 9.20. The molecule has 7 nitrogen and oxygen atoms in total. The lowest BCUT2D eigenvalue weighted by molar-refractivity contribution is -0.140. The van der Waals surface area contributed by atoms with Crippen LogP contribution in [0.25, 0.3) is 0 Å². The van der Waals surface area contributed by atoms with E-state index in [1.807, 2.05) is 0 Å². The summed E-state index contributed by atoms with van der Waals surface area (Å²) in [5.74, 6) is -1.33. The monoisotopic (exact) mass is 422 g/mol. The van der Waals surface area contributed by atoms with E-state index in [-0.39, 0.29) is 29.1 Å². The molecule has 0 aliphatic rings. The molecule has 0 aliphatic carbocycles. The SMILES string of the molecule is COC(=O)CCC(C)NS(=O)(=O)c1cccc(C(=O)Nc2ccc(F)c(C)c2)c1. The van der Waals surface area contributed by atoms with Crippen molar-refractivity contribution in [2.75, 3.05) is 12.4 Å². The van der Waals surface area contributed by atoms with Crippen LogP contribution in [-0.2, 0) is 19.6 Å². The highest BCUT2D eigenvalue weighted by molar-refractivity contribution is 7.89. The van der Waals surface area contributed by atoms with E-state index in [0.29, 0.717) is 11.3 Å².